The minimum atomic E-state index is -1.24. The van der Waals surface area contributed by atoms with Gasteiger partial charge in [-0.05, 0) is 24.6 Å². The van der Waals surface area contributed by atoms with Crippen molar-refractivity contribution in [2.45, 2.75) is 6.42 Å². The van der Waals surface area contributed by atoms with Crippen LogP contribution < -0.4 is 5.73 Å². The predicted molar refractivity (Wildman–Crippen MR) is 45.8 cm³/mol. The number of nitrogens with two attached hydrogens (primary N) is 1. The number of aromatic hydroxyl groups is 1. The lowest BCUT2D eigenvalue weighted by Crippen LogP contribution is -2.04. The molecular formula is C8H8ClF2NO. The van der Waals surface area contributed by atoms with Crippen LogP contribution in [0.4, 0.5) is 8.78 Å². The zero-order valence-electron chi connectivity index (χ0n) is 6.65. The van der Waals surface area contributed by atoms with Gasteiger partial charge in [0.2, 0.25) is 0 Å². The maximum atomic E-state index is 12.7. The Kier molecular flexibility index (Phi) is 3.06. The van der Waals surface area contributed by atoms with Gasteiger partial charge in [-0.15, -0.1) is 0 Å². The maximum absolute atomic E-state index is 12.7. The SMILES string of the molecule is NCCc1cc(F)c(F)c(Cl)c1O. The largest absolute Gasteiger partial charge is 0.506 e. The Hall–Kier alpha value is -0.870. The Morgan fingerprint density at radius 3 is 2.62 bits per heavy atom. The Labute approximate surface area is 78.9 Å². The first-order chi connectivity index (χ1) is 6.07. The third-order valence-corrected chi connectivity index (χ3v) is 1.97. The lowest BCUT2D eigenvalue weighted by molar-refractivity contribution is 0.448. The highest BCUT2D eigenvalue weighted by atomic mass is 35.5. The van der Waals surface area contributed by atoms with Crippen LogP contribution >= 0.6 is 11.6 Å². The van der Waals surface area contributed by atoms with E-state index in [1.807, 2.05) is 0 Å². The van der Waals surface area contributed by atoms with Crippen molar-refractivity contribution in [3.63, 3.8) is 0 Å². The highest BCUT2D eigenvalue weighted by Gasteiger charge is 2.15. The van der Waals surface area contributed by atoms with Gasteiger partial charge in [-0.1, -0.05) is 11.6 Å². The summed E-state index contributed by atoms with van der Waals surface area (Å²) in [6.07, 6.45) is 0.253. The lowest BCUT2D eigenvalue weighted by atomic mass is 10.1. The maximum Gasteiger partial charge on any atom is 0.181 e. The van der Waals surface area contributed by atoms with Crippen molar-refractivity contribution >= 4 is 11.6 Å². The van der Waals surface area contributed by atoms with E-state index in [4.69, 9.17) is 17.3 Å². The monoisotopic (exact) mass is 207 g/mol. The van der Waals surface area contributed by atoms with Crippen LogP contribution in [-0.2, 0) is 6.42 Å². The van der Waals surface area contributed by atoms with E-state index in [9.17, 15) is 13.9 Å². The van der Waals surface area contributed by atoms with Crippen molar-refractivity contribution in [1.82, 2.24) is 0 Å². The summed E-state index contributed by atoms with van der Waals surface area (Å²) in [4.78, 5) is 0. The molecule has 1 rings (SSSR count). The molecule has 1 aromatic carbocycles. The molecular weight excluding hydrogens is 200 g/mol. The average molecular weight is 208 g/mol. The number of halogens is 3. The molecule has 1 aromatic rings. The minimum Gasteiger partial charge on any atom is -0.506 e. The highest BCUT2D eigenvalue weighted by molar-refractivity contribution is 6.32. The third-order valence-electron chi connectivity index (χ3n) is 1.63. The van der Waals surface area contributed by atoms with Crippen LogP contribution in [0.1, 0.15) is 5.56 Å². The molecule has 0 unspecified atom stereocenters. The Morgan fingerprint density at radius 2 is 2.08 bits per heavy atom. The molecule has 2 nitrogen and oxygen atoms in total. The van der Waals surface area contributed by atoms with Crippen LogP contribution in [0, 0.1) is 11.6 Å². The van der Waals surface area contributed by atoms with Crippen LogP contribution in [0.15, 0.2) is 6.07 Å². The summed E-state index contributed by atoms with van der Waals surface area (Å²) in [5.41, 5.74) is 5.41. The number of benzene rings is 1. The molecule has 3 N–H and O–H groups in total. The van der Waals surface area contributed by atoms with Gasteiger partial charge in [-0.2, -0.15) is 0 Å². The number of phenolic OH excluding ortho intramolecular Hbond substituents is 1. The van der Waals surface area contributed by atoms with Crippen molar-refractivity contribution in [3.05, 3.63) is 28.3 Å². The molecule has 5 heteroatoms. The van der Waals surface area contributed by atoms with E-state index in [-0.39, 0.29) is 18.5 Å². The van der Waals surface area contributed by atoms with Gasteiger partial charge in [-0.25, -0.2) is 8.78 Å². The molecule has 0 amide bonds. The molecule has 0 aliphatic carbocycles. The molecule has 0 heterocycles. The van der Waals surface area contributed by atoms with Gasteiger partial charge in [0.25, 0.3) is 0 Å². The number of hydrogen-bond donors (Lipinski definition) is 2. The quantitative estimate of drug-likeness (QED) is 0.727. The van der Waals surface area contributed by atoms with Gasteiger partial charge >= 0.3 is 0 Å². The molecule has 72 valence electrons. The van der Waals surface area contributed by atoms with Gasteiger partial charge in [-0.3, -0.25) is 0 Å². The standard InChI is InChI=1S/C8H8ClF2NO/c9-6-7(11)5(10)3-4(1-2-12)8(6)13/h3,13H,1-2,12H2. The fraction of sp³-hybridized carbons (Fsp3) is 0.250. The molecule has 0 fully saturated rings. The van der Waals surface area contributed by atoms with Gasteiger partial charge in [0, 0.05) is 0 Å². The van der Waals surface area contributed by atoms with Gasteiger partial charge in [0.1, 0.15) is 10.8 Å². The molecule has 0 radical (unpaired) electrons. The summed E-state index contributed by atoms with van der Waals surface area (Å²) in [5.74, 6) is -2.75. The smallest absolute Gasteiger partial charge is 0.181 e. The molecule has 0 saturated carbocycles. The summed E-state index contributed by atoms with van der Waals surface area (Å²) < 4.78 is 25.4. The molecule has 0 spiro atoms. The van der Waals surface area contributed by atoms with Crippen LogP contribution in [0.2, 0.25) is 5.02 Å². The Bertz CT molecular complexity index is 330. The molecule has 0 saturated heterocycles. The molecule has 0 bridgehead atoms. The topological polar surface area (TPSA) is 46.2 Å². The van der Waals surface area contributed by atoms with Crippen molar-refractivity contribution < 1.29 is 13.9 Å². The van der Waals surface area contributed by atoms with E-state index < -0.39 is 22.4 Å². The first-order valence-corrected chi connectivity index (χ1v) is 4.01. The molecule has 0 aliphatic heterocycles. The fourth-order valence-corrected chi connectivity index (χ4v) is 1.19. The molecule has 0 aliphatic rings. The average Bonchev–Trinajstić information content (AvgIpc) is 2.11. The van der Waals surface area contributed by atoms with Gasteiger partial charge < -0.3 is 10.8 Å². The number of rotatable bonds is 2. The second kappa shape index (κ2) is 3.89. The normalized spacial score (nSPS) is 10.5. The Morgan fingerprint density at radius 1 is 1.46 bits per heavy atom. The van der Waals surface area contributed by atoms with Crippen LogP contribution in [-0.4, -0.2) is 11.7 Å². The highest BCUT2D eigenvalue weighted by Crippen LogP contribution is 2.31. The van der Waals surface area contributed by atoms with E-state index in [0.29, 0.717) is 0 Å². The second-order valence-electron chi connectivity index (χ2n) is 2.53. The van der Waals surface area contributed by atoms with E-state index in [1.54, 1.807) is 0 Å². The predicted octanol–water partition coefficient (Wildman–Crippen LogP) is 1.82. The molecule has 0 atom stereocenters. The molecule has 13 heavy (non-hydrogen) atoms. The van der Waals surface area contributed by atoms with Crippen LogP contribution in [0.25, 0.3) is 0 Å². The van der Waals surface area contributed by atoms with Crippen LogP contribution in [0.5, 0.6) is 5.75 Å². The third kappa shape index (κ3) is 1.89. The lowest BCUT2D eigenvalue weighted by Gasteiger charge is -2.06. The van der Waals surface area contributed by atoms with Gasteiger partial charge in [0.05, 0.1) is 0 Å². The van der Waals surface area contributed by atoms with E-state index >= 15 is 0 Å². The summed E-state index contributed by atoms with van der Waals surface area (Å²) >= 11 is 5.32. The van der Waals surface area contributed by atoms with Gasteiger partial charge in [0.15, 0.2) is 11.6 Å². The fourth-order valence-electron chi connectivity index (χ4n) is 0.981. The first kappa shape index (κ1) is 10.2. The summed E-state index contributed by atoms with van der Waals surface area (Å²) in [6.45, 7) is 0.231. The first-order valence-electron chi connectivity index (χ1n) is 3.63. The number of phenols is 1. The van der Waals surface area contributed by atoms with E-state index in [0.717, 1.165) is 6.07 Å². The zero-order valence-corrected chi connectivity index (χ0v) is 7.41. The molecule has 0 aromatic heterocycles. The summed E-state index contributed by atoms with van der Waals surface area (Å²) in [6, 6.07) is 0.892. The number of hydrogen-bond acceptors (Lipinski definition) is 2. The minimum absolute atomic E-state index is 0.214. The second-order valence-corrected chi connectivity index (χ2v) is 2.91. The van der Waals surface area contributed by atoms with Crippen molar-refractivity contribution in [1.29, 1.82) is 0 Å². The van der Waals surface area contributed by atoms with Crippen molar-refractivity contribution in [2.24, 2.45) is 5.73 Å². The Balaban J connectivity index is 3.24. The van der Waals surface area contributed by atoms with Crippen molar-refractivity contribution in [3.8, 4) is 5.75 Å². The van der Waals surface area contributed by atoms with Crippen molar-refractivity contribution in [2.75, 3.05) is 6.54 Å². The zero-order chi connectivity index (χ0) is 10.0. The van der Waals surface area contributed by atoms with E-state index in [1.165, 1.54) is 0 Å². The summed E-state index contributed by atoms with van der Waals surface area (Å²) in [5, 5.41) is 8.65. The van der Waals surface area contributed by atoms with Crippen LogP contribution in [0.3, 0.4) is 0 Å². The summed E-state index contributed by atoms with van der Waals surface area (Å²) in [7, 11) is 0. The van der Waals surface area contributed by atoms with E-state index in [2.05, 4.69) is 0 Å².